The van der Waals surface area contributed by atoms with Gasteiger partial charge in [0.25, 0.3) is 5.91 Å². The zero-order valence-electron chi connectivity index (χ0n) is 11.9. The molecule has 1 aromatic carbocycles. The molecule has 0 bridgehead atoms. The molecule has 1 heterocycles. The maximum absolute atomic E-state index is 12.0. The Bertz CT molecular complexity index is 631. The Kier molecular flexibility index (Phi) is 4.71. The van der Waals surface area contributed by atoms with Crippen LogP contribution in [0.1, 0.15) is 39.8 Å². The van der Waals surface area contributed by atoms with Crippen LogP contribution in [0.3, 0.4) is 0 Å². The molecule has 2 rings (SSSR count). The van der Waals surface area contributed by atoms with E-state index in [1.54, 1.807) is 31.2 Å². The van der Waals surface area contributed by atoms with E-state index in [1.807, 2.05) is 6.92 Å². The van der Waals surface area contributed by atoms with E-state index < -0.39 is 0 Å². The molecule has 0 spiro atoms. The number of nitrogens with one attached hydrogen (secondary N) is 1. The zero-order valence-corrected chi connectivity index (χ0v) is 11.9. The minimum absolute atomic E-state index is 0.310. The lowest BCUT2D eigenvalue weighted by Crippen LogP contribution is -2.12. The summed E-state index contributed by atoms with van der Waals surface area (Å²) in [6, 6.07) is 6.49. The summed E-state index contributed by atoms with van der Waals surface area (Å²) >= 11 is 0. The number of esters is 1. The number of aromatic nitrogens is 1. The lowest BCUT2D eigenvalue weighted by Gasteiger charge is -2.06. The molecule has 0 atom stereocenters. The van der Waals surface area contributed by atoms with E-state index in [0.717, 1.165) is 6.42 Å². The van der Waals surface area contributed by atoms with Gasteiger partial charge in [-0.15, -0.1) is 0 Å². The molecular weight excluding hydrogens is 272 g/mol. The van der Waals surface area contributed by atoms with E-state index in [4.69, 9.17) is 9.26 Å². The smallest absolute Gasteiger partial charge is 0.338 e. The van der Waals surface area contributed by atoms with Crippen LogP contribution in [0.25, 0.3) is 0 Å². The van der Waals surface area contributed by atoms with Crippen molar-refractivity contribution in [2.24, 2.45) is 0 Å². The Labute approximate surface area is 122 Å². The number of hydrogen-bond acceptors (Lipinski definition) is 5. The Hall–Kier alpha value is -2.63. The van der Waals surface area contributed by atoms with E-state index >= 15 is 0 Å². The molecule has 0 fully saturated rings. The summed E-state index contributed by atoms with van der Waals surface area (Å²) in [5, 5.41) is 6.26. The highest BCUT2D eigenvalue weighted by molar-refractivity contribution is 6.04. The Morgan fingerprint density at radius 1 is 1.29 bits per heavy atom. The topological polar surface area (TPSA) is 81.4 Å². The number of carbonyl (C=O) groups is 2. The number of carbonyl (C=O) groups excluding carboxylic acids is 2. The second-order valence-corrected chi connectivity index (χ2v) is 4.46. The Balaban J connectivity index is 2.01. The predicted octanol–water partition coefficient (Wildman–Crippen LogP) is 2.80. The SMILES string of the molecule is CCCOC(=O)c1ccc(NC(=O)c2cnoc2C)cc1. The maximum atomic E-state index is 12.0. The molecule has 21 heavy (non-hydrogen) atoms. The van der Waals surface area contributed by atoms with Gasteiger partial charge in [-0.1, -0.05) is 12.1 Å². The number of benzene rings is 1. The number of ether oxygens (including phenoxy) is 1. The third-order valence-electron chi connectivity index (χ3n) is 2.81. The average Bonchev–Trinajstić information content (AvgIpc) is 2.91. The highest BCUT2D eigenvalue weighted by Crippen LogP contribution is 2.14. The van der Waals surface area contributed by atoms with Gasteiger partial charge in [-0.2, -0.15) is 0 Å². The number of aryl methyl sites for hydroxylation is 1. The molecule has 0 radical (unpaired) electrons. The van der Waals surface area contributed by atoms with Crippen LogP contribution in [0.5, 0.6) is 0 Å². The van der Waals surface area contributed by atoms with E-state index in [2.05, 4.69) is 10.5 Å². The van der Waals surface area contributed by atoms with Crippen molar-refractivity contribution in [3.8, 4) is 0 Å². The van der Waals surface area contributed by atoms with Gasteiger partial charge in [-0.25, -0.2) is 4.79 Å². The molecule has 1 N–H and O–H groups in total. The molecule has 2 aromatic rings. The first-order valence-corrected chi connectivity index (χ1v) is 6.61. The summed E-state index contributed by atoms with van der Waals surface area (Å²) < 4.78 is 9.87. The van der Waals surface area contributed by atoms with Crippen LogP contribution in [0, 0.1) is 6.92 Å². The van der Waals surface area contributed by atoms with Crippen LogP contribution >= 0.6 is 0 Å². The fraction of sp³-hybridized carbons (Fsp3) is 0.267. The van der Waals surface area contributed by atoms with E-state index in [1.165, 1.54) is 6.20 Å². The summed E-state index contributed by atoms with van der Waals surface area (Å²) in [7, 11) is 0. The second kappa shape index (κ2) is 6.69. The maximum Gasteiger partial charge on any atom is 0.338 e. The van der Waals surface area contributed by atoms with Crippen LogP contribution in [0.2, 0.25) is 0 Å². The fourth-order valence-electron chi connectivity index (χ4n) is 1.68. The number of nitrogens with zero attached hydrogens (tertiary/aromatic N) is 1. The van der Waals surface area contributed by atoms with Crippen molar-refractivity contribution < 1.29 is 18.8 Å². The highest BCUT2D eigenvalue weighted by atomic mass is 16.5. The van der Waals surface area contributed by atoms with Crippen LogP contribution in [-0.2, 0) is 4.74 Å². The minimum Gasteiger partial charge on any atom is -0.462 e. The summed E-state index contributed by atoms with van der Waals surface area (Å²) in [6.07, 6.45) is 2.14. The quantitative estimate of drug-likeness (QED) is 0.855. The Morgan fingerprint density at radius 2 is 2.00 bits per heavy atom. The van der Waals surface area contributed by atoms with Crippen LogP contribution in [-0.4, -0.2) is 23.6 Å². The standard InChI is InChI=1S/C15H16N2O4/c1-3-8-20-15(19)11-4-6-12(7-5-11)17-14(18)13-9-16-21-10(13)2/h4-7,9H,3,8H2,1-2H3,(H,17,18). The molecule has 0 aliphatic carbocycles. The van der Waals surface area contributed by atoms with Crippen molar-refractivity contribution in [3.63, 3.8) is 0 Å². The van der Waals surface area contributed by atoms with Gasteiger partial charge in [0.2, 0.25) is 0 Å². The van der Waals surface area contributed by atoms with Crippen molar-refractivity contribution in [3.05, 3.63) is 47.3 Å². The van der Waals surface area contributed by atoms with Crippen molar-refractivity contribution in [1.29, 1.82) is 0 Å². The molecule has 6 heteroatoms. The summed E-state index contributed by atoms with van der Waals surface area (Å²) in [6.45, 7) is 3.98. The van der Waals surface area contributed by atoms with Crippen LogP contribution < -0.4 is 5.32 Å². The zero-order chi connectivity index (χ0) is 15.2. The number of hydrogen-bond donors (Lipinski definition) is 1. The van der Waals surface area contributed by atoms with Gasteiger partial charge in [0.15, 0.2) is 0 Å². The number of anilines is 1. The van der Waals surface area contributed by atoms with Crippen molar-refractivity contribution in [1.82, 2.24) is 5.16 Å². The lowest BCUT2D eigenvalue weighted by atomic mass is 10.2. The first kappa shape index (κ1) is 14.8. The summed E-state index contributed by atoms with van der Waals surface area (Å²) in [5.74, 6) is -0.230. The molecule has 0 aliphatic rings. The largest absolute Gasteiger partial charge is 0.462 e. The minimum atomic E-state index is -0.371. The highest BCUT2D eigenvalue weighted by Gasteiger charge is 2.13. The van der Waals surface area contributed by atoms with Crippen LogP contribution in [0.4, 0.5) is 5.69 Å². The molecular formula is C15H16N2O4. The monoisotopic (exact) mass is 288 g/mol. The molecule has 0 saturated heterocycles. The van der Waals surface area contributed by atoms with Gasteiger partial charge in [0.1, 0.15) is 11.3 Å². The first-order chi connectivity index (χ1) is 10.1. The van der Waals surface area contributed by atoms with Crippen molar-refractivity contribution in [2.45, 2.75) is 20.3 Å². The van der Waals surface area contributed by atoms with Gasteiger partial charge < -0.3 is 14.6 Å². The summed E-state index contributed by atoms with van der Waals surface area (Å²) in [5.41, 5.74) is 1.40. The molecule has 1 amide bonds. The van der Waals surface area contributed by atoms with E-state index in [-0.39, 0.29) is 11.9 Å². The van der Waals surface area contributed by atoms with Gasteiger partial charge in [0, 0.05) is 5.69 Å². The molecule has 0 saturated carbocycles. The summed E-state index contributed by atoms with van der Waals surface area (Å²) in [4.78, 5) is 23.6. The lowest BCUT2D eigenvalue weighted by molar-refractivity contribution is 0.0505. The predicted molar refractivity (Wildman–Crippen MR) is 76.2 cm³/mol. The average molecular weight is 288 g/mol. The van der Waals surface area contributed by atoms with Gasteiger partial charge in [-0.05, 0) is 37.6 Å². The molecule has 0 unspecified atom stereocenters. The normalized spacial score (nSPS) is 10.2. The van der Waals surface area contributed by atoms with Crippen molar-refractivity contribution in [2.75, 3.05) is 11.9 Å². The second-order valence-electron chi connectivity index (χ2n) is 4.46. The van der Waals surface area contributed by atoms with E-state index in [9.17, 15) is 9.59 Å². The van der Waals surface area contributed by atoms with E-state index in [0.29, 0.717) is 29.2 Å². The third kappa shape index (κ3) is 3.68. The first-order valence-electron chi connectivity index (χ1n) is 6.61. The van der Waals surface area contributed by atoms with Gasteiger partial charge >= 0.3 is 5.97 Å². The number of amides is 1. The van der Waals surface area contributed by atoms with Crippen molar-refractivity contribution >= 4 is 17.6 Å². The Morgan fingerprint density at radius 3 is 2.57 bits per heavy atom. The molecule has 0 aliphatic heterocycles. The fourth-order valence-corrected chi connectivity index (χ4v) is 1.68. The van der Waals surface area contributed by atoms with Crippen LogP contribution in [0.15, 0.2) is 35.0 Å². The number of rotatable bonds is 5. The molecule has 110 valence electrons. The van der Waals surface area contributed by atoms with Gasteiger partial charge in [0.05, 0.1) is 18.4 Å². The molecule has 1 aromatic heterocycles. The van der Waals surface area contributed by atoms with Gasteiger partial charge in [-0.3, -0.25) is 4.79 Å². The third-order valence-corrected chi connectivity index (χ3v) is 2.81. The molecule has 6 nitrogen and oxygen atoms in total.